The van der Waals surface area contributed by atoms with E-state index < -0.39 is 0 Å². The summed E-state index contributed by atoms with van der Waals surface area (Å²) in [5.74, 6) is -0.00757. The van der Waals surface area contributed by atoms with Gasteiger partial charge in [0.05, 0.1) is 18.2 Å². The molecule has 4 rings (SSSR count). The Morgan fingerprint density at radius 3 is 2.78 bits per heavy atom. The molecule has 0 aliphatic heterocycles. The second kappa shape index (κ2) is 10.5. The second-order valence-corrected chi connectivity index (χ2v) is 10.4. The predicted molar refractivity (Wildman–Crippen MR) is 126 cm³/mol. The Kier molecular flexibility index (Phi) is 7.48. The summed E-state index contributed by atoms with van der Waals surface area (Å²) in [5.41, 5.74) is 4.43. The Balaban J connectivity index is 1.42. The minimum absolute atomic E-state index is 0.143. The van der Waals surface area contributed by atoms with E-state index in [4.69, 9.17) is 9.72 Å². The molecule has 6 nitrogen and oxygen atoms in total. The van der Waals surface area contributed by atoms with Gasteiger partial charge in [0.25, 0.3) is 0 Å². The van der Waals surface area contributed by atoms with E-state index in [1.165, 1.54) is 40.6 Å². The molecule has 0 spiro atoms. The van der Waals surface area contributed by atoms with Gasteiger partial charge in [-0.25, -0.2) is 9.78 Å². The number of hydrogen-bond acceptors (Lipinski definition) is 7. The van der Waals surface area contributed by atoms with Crippen LogP contribution in [-0.2, 0) is 35.2 Å². The summed E-state index contributed by atoms with van der Waals surface area (Å²) in [7, 11) is 1.38. The van der Waals surface area contributed by atoms with Crippen molar-refractivity contribution in [1.29, 1.82) is 5.26 Å². The van der Waals surface area contributed by atoms with E-state index in [1.807, 2.05) is 6.07 Å². The lowest BCUT2D eigenvalue weighted by Crippen LogP contribution is -2.15. The number of pyridine rings is 1. The summed E-state index contributed by atoms with van der Waals surface area (Å²) in [6.45, 7) is 0. The monoisotopic (exact) mass is 469 g/mol. The number of fused-ring (bicyclic) bond motifs is 2. The Morgan fingerprint density at radius 1 is 1.19 bits per heavy atom. The van der Waals surface area contributed by atoms with E-state index >= 15 is 0 Å². The Hall–Kier alpha value is -2.37. The molecule has 0 fully saturated rings. The number of carbonyl (C=O) groups excluding carboxylic acids is 2. The van der Waals surface area contributed by atoms with Crippen molar-refractivity contribution >= 4 is 40.0 Å². The molecule has 2 aliphatic rings. The number of nitriles is 1. The van der Waals surface area contributed by atoms with Crippen LogP contribution >= 0.6 is 23.1 Å². The topological polar surface area (TPSA) is 92.1 Å². The van der Waals surface area contributed by atoms with E-state index in [2.05, 4.69) is 11.4 Å². The molecular formula is C24H27N3O3S2. The first-order valence-corrected chi connectivity index (χ1v) is 13.0. The van der Waals surface area contributed by atoms with Crippen LogP contribution in [0.3, 0.4) is 0 Å². The molecule has 0 saturated carbocycles. The number of amides is 1. The van der Waals surface area contributed by atoms with E-state index in [0.717, 1.165) is 69.0 Å². The van der Waals surface area contributed by atoms with E-state index in [9.17, 15) is 14.9 Å². The highest BCUT2D eigenvalue weighted by Crippen LogP contribution is 2.38. The standard InChI is InChI=1S/C24H27N3O3S2/c1-30-24(29)21-17-8-3-2-4-10-19(17)32-23(21)27-20(28)11-12-31-22-16(14-25)13-15-7-5-6-9-18(15)26-22/h13H,2-12H2,1H3,(H,27,28). The minimum atomic E-state index is -0.383. The molecule has 0 bridgehead atoms. The van der Waals surface area contributed by atoms with Gasteiger partial charge in [-0.1, -0.05) is 6.42 Å². The maximum absolute atomic E-state index is 12.7. The summed E-state index contributed by atoms with van der Waals surface area (Å²) in [6, 6.07) is 4.21. The lowest BCUT2D eigenvalue weighted by molar-refractivity contribution is -0.115. The Bertz CT molecular complexity index is 1070. The number of thioether (sulfide) groups is 1. The fourth-order valence-electron chi connectivity index (χ4n) is 4.38. The molecule has 0 atom stereocenters. The van der Waals surface area contributed by atoms with Gasteiger partial charge in [0.2, 0.25) is 5.91 Å². The molecule has 1 N–H and O–H groups in total. The smallest absolute Gasteiger partial charge is 0.341 e. The summed E-state index contributed by atoms with van der Waals surface area (Å²) < 4.78 is 5.01. The third kappa shape index (κ3) is 5.00. The first-order valence-electron chi connectivity index (χ1n) is 11.2. The molecular weight excluding hydrogens is 442 g/mol. The quantitative estimate of drug-likeness (QED) is 0.361. The van der Waals surface area contributed by atoms with E-state index in [-0.39, 0.29) is 18.3 Å². The Morgan fingerprint density at radius 2 is 1.97 bits per heavy atom. The number of ether oxygens (including phenoxy) is 1. The lowest BCUT2D eigenvalue weighted by atomic mass is 9.95. The van der Waals surface area contributed by atoms with Gasteiger partial charge in [0.1, 0.15) is 16.1 Å². The maximum atomic E-state index is 12.7. The van der Waals surface area contributed by atoms with Crippen molar-refractivity contribution in [3.63, 3.8) is 0 Å². The molecule has 0 saturated heterocycles. The average molecular weight is 470 g/mol. The second-order valence-electron chi connectivity index (χ2n) is 8.17. The maximum Gasteiger partial charge on any atom is 0.341 e. The first kappa shape index (κ1) is 22.8. The molecule has 1 amide bonds. The van der Waals surface area contributed by atoms with Crippen molar-refractivity contribution in [3.05, 3.63) is 38.9 Å². The molecule has 0 aromatic carbocycles. The third-order valence-corrected chi connectivity index (χ3v) is 8.22. The molecule has 2 aromatic heterocycles. The number of nitrogens with one attached hydrogen (secondary N) is 1. The number of esters is 1. The van der Waals surface area contributed by atoms with Crippen LogP contribution in [0.4, 0.5) is 5.00 Å². The van der Waals surface area contributed by atoms with Gasteiger partial charge in [-0.3, -0.25) is 4.79 Å². The van der Waals surface area contributed by atoms with Gasteiger partial charge >= 0.3 is 5.97 Å². The van der Waals surface area contributed by atoms with Gasteiger partial charge in [0, 0.05) is 22.7 Å². The zero-order valence-electron chi connectivity index (χ0n) is 18.3. The number of methoxy groups -OCH3 is 1. The number of rotatable bonds is 6. The van der Waals surface area contributed by atoms with Crippen LogP contribution in [-0.4, -0.2) is 29.7 Å². The summed E-state index contributed by atoms with van der Waals surface area (Å²) in [5, 5.41) is 13.8. The van der Waals surface area contributed by atoms with Crippen molar-refractivity contribution in [3.8, 4) is 6.07 Å². The van der Waals surface area contributed by atoms with Gasteiger partial charge in [0.15, 0.2) is 0 Å². The molecule has 2 aliphatic carbocycles. The van der Waals surface area contributed by atoms with Gasteiger partial charge in [-0.15, -0.1) is 23.1 Å². The highest BCUT2D eigenvalue weighted by Gasteiger charge is 2.26. The fourth-order valence-corrected chi connectivity index (χ4v) is 6.59. The zero-order valence-corrected chi connectivity index (χ0v) is 19.9. The SMILES string of the molecule is COC(=O)c1c(NC(=O)CCSc2nc3c(cc2C#N)CCCC3)sc2c1CCCCC2. The van der Waals surface area contributed by atoms with Crippen LogP contribution in [0.15, 0.2) is 11.1 Å². The minimum Gasteiger partial charge on any atom is -0.465 e. The average Bonchev–Trinajstić information content (AvgIpc) is 2.97. The molecule has 168 valence electrons. The van der Waals surface area contributed by atoms with Gasteiger partial charge in [-0.2, -0.15) is 5.26 Å². The lowest BCUT2D eigenvalue weighted by Gasteiger charge is -2.16. The van der Waals surface area contributed by atoms with Crippen LogP contribution < -0.4 is 5.32 Å². The van der Waals surface area contributed by atoms with Crippen molar-refractivity contribution in [1.82, 2.24) is 4.98 Å². The number of thiophene rings is 1. The van der Waals surface area contributed by atoms with Crippen LogP contribution in [0, 0.1) is 11.3 Å². The molecule has 32 heavy (non-hydrogen) atoms. The van der Waals surface area contributed by atoms with E-state index in [1.54, 1.807) is 0 Å². The number of nitrogens with zero attached hydrogens (tertiary/aromatic N) is 2. The van der Waals surface area contributed by atoms with Crippen LogP contribution in [0.1, 0.15) is 76.1 Å². The molecule has 0 radical (unpaired) electrons. The molecule has 0 unspecified atom stereocenters. The zero-order chi connectivity index (χ0) is 22.5. The van der Waals surface area contributed by atoms with Gasteiger partial charge < -0.3 is 10.1 Å². The number of carbonyl (C=O) groups is 2. The first-order chi connectivity index (χ1) is 15.6. The Labute approximate surface area is 196 Å². The molecule has 8 heteroatoms. The number of aryl methyl sites for hydroxylation is 3. The van der Waals surface area contributed by atoms with Gasteiger partial charge in [-0.05, 0) is 68.6 Å². The van der Waals surface area contributed by atoms with Crippen molar-refractivity contribution in [2.24, 2.45) is 0 Å². The highest BCUT2D eigenvalue weighted by molar-refractivity contribution is 7.99. The molecule has 2 heterocycles. The van der Waals surface area contributed by atoms with Crippen LogP contribution in [0.5, 0.6) is 0 Å². The fraction of sp³-hybridized carbons (Fsp3) is 0.500. The summed E-state index contributed by atoms with van der Waals surface area (Å²) in [6.07, 6.45) is 9.59. The largest absolute Gasteiger partial charge is 0.465 e. The van der Waals surface area contributed by atoms with Crippen molar-refractivity contribution in [2.45, 2.75) is 69.2 Å². The van der Waals surface area contributed by atoms with Crippen LogP contribution in [0.25, 0.3) is 0 Å². The number of anilines is 1. The third-order valence-electron chi connectivity index (χ3n) is 6.02. The number of aromatic nitrogens is 1. The summed E-state index contributed by atoms with van der Waals surface area (Å²) in [4.78, 5) is 31.0. The predicted octanol–water partition coefficient (Wildman–Crippen LogP) is 5.07. The normalized spacial score (nSPS) is 15.1. The molecule has 2 aromatic rings. The highest BCUT2D eigenvalue weighted by atomic mass is 32.2. The van der Waals surface area contributed by atoms with Crippen molar-refractivity contribution in [2.75, 3.05) is 18.2 Å². The van der Waals surface area contributed by atoms with Crippen LogP contribution in [0.2, 0.25) is 0 Å². The summed E-state index contributed by atoms with van der Waals surface area (Å²) >= 11 is 2.95. The van der Waals surface area contributed by atoms with Crippen molar-refractivity contribution < 1.29 is 14.3 Å². The number of hydrogen-bond donors (Lipinski definition) is 1. The van der Waals surface area contributed by atoms with E-state index in [0.29, 0.717) is 26.9 Å².